The fourth-order valence-corrected chi connectivity index (χ4v) is 21.9. The van der Waals surface area contributed by atoms with E-state index in [0.29, 0.717) is 66.8 Å². The molecule has 2 aromatic rings. The van der Waals surface area contributed by atoms with Gasteiger partial charge in [0.05, 0.1) is 69.9 Å². The monoisotopic (exact) mass is 1590 g/mol. The molecule has 0 bridgehead atoms. The first-order valence-corrected chi connectivity index (χ1v) is 39.9. The van der Waals surface area contributed by atoms with Crippen LogP contribution in [-0.2, 0) is 58.6 Å². The predicted molar refractivity (Wildman–Crippen MR) is 388 cm³/mol. The van der Waals surface area contributed by atoms with Gasteiger partial charge in [0.1, 0.15) is 133 Å². The molecule has 13 aliphatic rings. The van der Waals surface area contributed by atoms with Crippen LogP contribution in [0.4, 0.5) is 0 Å². The molecular weight excluding hydrogens is 1470 g/mol. The van der Waals surface area contributed by atoms with Crippen LogP contribution in [0, 0.1) is 56.2 Å². The Hall–Kier alpha value is -4.60. The van der Waals surface area contributed by atoms with Gasteiger partial charge in [-0.3, -0.25) is 9.59 Å². The molecule has 35 unspecified atom stereocenters. The Morgan fingerprint density at radius 2 is 1.20 bits per heavy atom. The molecule has 112 heavy (non-hydrogen) atoms. The lowest BCUT2D eigenvalue weighted by molar-refractivity contribution is -0.374. The predicted octanol–water partition coefficient (Wildman–Crippen LogP) is 1.88. The zero-order valence-electron chi connectivity index (χ0n) is 66.0. The van der Waals surface area contributed by atoms with Crippen molar-refractivity contribution in [1.29, 1.82) is 0 Å². The van der Waals surface area contributed by atoms with Crippen LogP contribution in [0.5, 0.6) is 28.7 Å². The minimum absolute atomic E-state index is 0.0452. The van der Waals surface area contributed by atoms with E-state index in [1.54, 1.807) is 27.2 Å². The number of methoxy groups -OCH3 is 2. The average Bonchev–Trinajstić information content (AvgIpc) is 0.732. The summed E-state index contributed by atoms with van der Waals surface area (Å²) < 4.78 is 88.8. The van der Waals surface area contributed by atoms with Gasteiger partial charge in [0.15, 0.2) is 48.5 Å². The van der Waals surface area contributed by atoms with Gasteiger partial charge in [0.2, 0.25) is 6.29 Å². The van der Waals surface area contributed by atoms with Gasteiger partial charge in [-0.15, -0.1) is 0 Å². The van der Waals surface area contributed by atoms with Gasteiger partial charge in [0, 0.05) is 23.6 Å². The van der Waals surface area contributed by atoms with E-state index in [-0.39, 0.29) is 65.5 Å². The maximum atomic E-state index is 15.4. The lowest BCUT2D eigenvalue weighted by Gasteiger charge is -2.71. The Balaban J connectivity index is 0.000000298. The van der Waals surface area contributed by atoms with E-state index in [9.17, 15) is 76.3 Å². The molecule has 5 aliphatic carbocycles. The molecule has 8 aliphatic heterocycles. The number of Topliss-reactive ketones (excluding diaryl/α,β-unsaturated/α-hetero) is 1. The molecule has 2 aromatic carbocycles. The van der Waals surface area contributed by atoms with E-state index >= 15 is 4.79 Å². The van der Waals surface area contributed by atoms with Gasteiger partial charge in [-0.05, 0) is 141 Å². The Morgan fingerprint density at radius 3 is 1.85 bits per heavy atom. The van der Waals surface area contributed by atoms with Crippen molar-refractivity contribution >= 4 is 11.8 Å². The zero-order valence-corrected chi connectivity index (χ0v) is 66.0. The molecule has 0 aromatic heterocycles. The minimum Gasteiger partial charge on any atom is -0.493 e. The van der Waals surface area contributed by atoms with Crippen molar-refractivity contribution in [3.8, 4) is 28.7 Å². The molecule has 5 saturated heterocycles. The lowest BCUT2D eigenvalue weighted by Crippen LogP contribution is -2.68. The number of rotatable bonds is 14. The Kier molecular flexibility index (Phi) is 23.4. The summed E-state index contributed by atoms with van der Waals surface area (Å²) in [4.78, 5) is 28.9. The maximum absolute atomic E-state index is 15.4. The van der Waals surface area contributed by atoms with E-state index in [1.165, 1.54) is 6.92 Å². The molecule has 4 saturated carbocycles. The Morgan fingerprint density at radius 1 is 0.598 bits per heavy atom. The van der Waals surface area contributed by atoms with Crippen molar-refractivity contribution in [2.45, 2.75) is 312 Å². The van der Waals surface area contributed by atoms with E-state index < -0.39 is 201 Å². The molecule has 31 nitrogen and oxygen atoms in total. The highest BCUT2D eigenvalue weighted by molar-refractivity contribution is 6.06. The molecule has 14 N–H and O–H groups in total. The van der Waals surface area contributed by atoms with Gasteiger partial charge >= 0.3 is 5.97 Å². The van der Waals surface area contributed by atoms with Crippen molar-refractivity contribution in [3.05, 3.63) is 52.6 Å². The number of ketones is 1. The highest BCUT2D eigenvalue weighted by atomic mass is 16.8. The van der Waals surface area contributed by atoms with E-state index in [2.05, 4.69) is 68.4 Å². The van der Waals surface area contributed by atoms with Crippen LogP contribution in [0.1, 0.15) is 161 Å². The van der Waals surface area contributed by atoms with Crippen LogP contribution in [0.25, 0.3) is 0 Å². The number of carbonyl (C=O) groups excluding carboxylic acids is 2. The number of esters is 1. The third-order valence-corrected chi connectivity index (χ3v) is 28.8. The number of aliphatic hydroxyl groups is 14. The zero-order chi connectivity index (χ0) is 80.9. The lowest BCUT2D eigenvalue weighted by atomic mass is 9.33. The minimum atomic E-state index is -1.93. The standard InChI is InChI=1S/C58H94O25.C23H24O6/c1-23-44(80-47-40(69)34(63)27(60)21-74-47)38(67)42(71)48(76-23)79-33-13-14-55(7)30(54(33,5)6)12-15-56(8)31(55)11-10-25-26-18-53(3,4)16-17-58(26,32(62)19-57(25,56)9)52(73)83-51-46(35(64)28(61)22-75-51)82-49-43(72)39(68)45(24(2)77-49)81-50-41(70)37(66)36(65)29(20-59)78-50;1-11(2)16-8-14-15(28-16)6-5-12-22(24)21-13-7-18(25-3)19(26-4)9-17(13)27-10-20(21)29-23(12)14/h10,23-24,26-51,59-72H,11-22H2,1-9H3;5-7,9,11,16,20-21H,8,10H2,1-4H3. The summed E-state index contributed by atoms with van der Waals surface area (Å²) >= 11 is 0. The molecule has 9 fully saturated rings. The van der Waals surface area contributed by atoms with Crippen LogP contribution in [-0.4, -0.2) is 290 Å². The Bertz CT molecular complexity index is 3760. The van der Waals surface area contributed by atoms with Gasteiger partial charge in [-0.2, -0.15) is 0 Å². The first-order chi connectivity index (χ1) is 52.8. The number of allylic oxidation sites excluding steroid dienone is 2. The molecule has 628 valence electrons. The summed E-state index contributed by atoms with van der Waals surface area (Å²) in [5, 5.41) is 152. The van der Waals surface area contributed by atoms with E-state index in [4.69, 9.17) is 71.1 Å². The number of ether oxygens (including phenoxy) is 15. The fourth-order valence-electron chi connectivity index (χ4n) is 21.9. The third-order valence-electron chi connectivity index (χ3n) is 28.8. The summed E-state index contributed by atoms with van der Waals surface area (Å²) in [6, 6.07) is 7.32. The molecule has 31 heteroatoms. The number of fused-ring (bicyclic) bond motifs is 13. The molecule has 15 rings (SSSR count). The van der Waals surface area contributed by atoms with E-state index in [0.717, 1.165) is 48.1 Å². The largest absolute Gasteiger partial charge is 0.493 e. The smallest absolute Gasteiger partial charge is 0.317 e. The van der Waals surface area contributed by atoms with Crippen LogP contribution < -0.4 is 23.7 Å². The SMILES string of the molecule is CC1OC(OC2CCC3(C)C(CCC4(C)C3CC=C3C5CC(C)(C)CCC5(C(=O)OC5OCC(O)C(O)C5OC5OC(C)C(OC6OC(CO)C(O)C(O)C6O)C(O)C5O)C(O)CC34C)C2(C)C)C(O)C(O)C1OC1OCC(O)C(O)C1O.COc1cc2c(cc1OC)C1C(=O)c3ccc4c(c3OC1CO2)CC(C(C)C)O4. The van der Waals surface area contributed by atoms with Crippen LogP contribution in [0.3, 0.4) is 0 Å². The van der Waals surface area contributed by atoms with Gasteiger partial charge in [-0.25, -0.2) is 0 Å². The molecule has 8 heterocycles. The number of benzene rings is 2. The second-order valence-corrected chi connectivity index (χ2v) is 36.3. The average molecular weight is 1590 g/mol. The highest BCUT2D eigenvalue weighted by Crippen LogP contribution is 2.76. The van der Waals surface area contributed by atoms with Crippen LogP contribution >= 0.6 is 0 Å². The molecule has 0 spiro atoms. The first-order valence-electron chi connectivity index (χ1n) is 39.9. The van der Waals surface area contributed by atoms with Crippen molar-refractivity contribution in [1.82, 2.24) is 0 Å². The van der Waals surface area contributed by atoms with Gasteiger partial charge in [0.25, 0.3) is 0 Å². The van der Waals surface area contributed by atoms with Crippen molar-refractivity contribution in [2.24, 2.45) is 56.2 Å². The van der Waals surface area contributed by atoms with Crippen molar-refractivity contribution in [2.75, 3.05) is 40.6 Å². The molecular formula is C81H118O31. The summed E-state index contributed by atoms with van der Waals surface area (Å²) in [6.07, 6.45) is -28.8. The van der Waals surface area contributed by atoms with Crippen LogP contribution in [0.15, 0.2) is 35.9 Å². The summed E-state index contributed by atoms with van der Waals surface area (Å²) in [5.74, 6) is 2.24. The first kappa shape index (κ1) is 83.9. The third kappa shape index (κ3) is 14.0. The van der Waals surface area contributed by atoms with Crippen LogP contribution in [0.2, 0.25) is 0 Å². The molecule has 35 atom stereocenters. The maximum Gasteiger partial charge on any atom is 0.317 e. The summed E-state index contributed by atoms with van der Waals surface area (Å²) in [6.45, 7) is 21.8. The topological polar surface area (TPSA) is 456 Å². The second-order valence-electron chi connectivity index (χ2n) is 36.3. The summed E-state index contributed by atoms with van der Waals surface area (Å²) in [7, 11) is 3.16. The highest BCUT2D eigenvalue weighted by Gasteiger charge is 2.73. The number of hydrogen-bond donors (Lipinski definition) is 14. The van der Waals surface area contributed by atoms with Crippen molar-refractivity contribution in [3.63, 3.8) is 0 Å². The normalized spacial score (nSPS) is 47.0. The molecule has 0 amide bonds. The second kappa shape index (κ2) is 31.3. The summed E-state index contributed by atoms with van der Waals surface area (Å²) in [5.41, 5.74) is 0.0970. The van der Waals surface area contributed by atoms with Gasteiger partial charge in [-0.1, -0.05) is 74.0 Å². The molecule has 0 radical (unpaired) electrons. The number of aliphatic hydroxyl groups excluding tert-OH is 14. The fraction of sp³-hybridized carbons (Fsp3) is 0.802. The quantitative estimate of drug-likeness (QED) is 0.0729. The Labute approximate surface area is 651 Å². The van der Waals surface area contributed by atoms with Crippen molar-refractivity contribution < 1.29 is 152 Å². The number of hydrogen-bond acceptors (Lipinski definition) is 31. The van der Waals surface area contributed by atoms with E-state index in [1.807, 2.05) is 18.2 Å². The number of carbonyl (C=O) groups is 2. The van der Waals surface area contributed by atoms with Gasteiger partial charge < -0.3 is 143 Å².